The third-order valence-electron chi connectivity index (χ3n) is 7.12. The minimum atomic E-state index is -1.15. The van der Waals surface area contributed by atoms with E-state index in [4.69, 9.17) is 15.2 Å². The Morgan fingerprint density at radius 3 is 2.32 bits per heavy atom. The molecule has 0 aromatic heterocycles. The van der Waals surface area contributed by atoms with Gasteiger partial charge in [0.25, 0.3) is 5.91 Å². The summed E-state index contributed by atoms with van der Waals surface area (Å²) in [6, 6.07) is -2.13. The molecule has 0 bridgehead atoms. The van der Waals surface area contributed by atoms with Crippen molar-refractivity contribution >= 4 is 23.8 Å². The highest BCUT2D eigenvalue weighted by atomic mass is 16.5. The number of ether oxygens (including phenoxy) is 2. The average molecular weight is 542 g/mol. The van der Waals surface area contributed by atoms with Crippen LogP contribution in [0, 0.1) is 17.8 Å². The topological polar surface area (TPSA) is 148 Å². The molecule has 2 amide bonds. The summed E-state index contributed by atoms with van der Waals surface area (Å²) in [5.41, 5.74) is 6.03. The molecule has 0 aromatic rings. The van der Waals surface area contributed by atoms with E-state index in [0.717, 1.165) is 19.3 Å². The van der Waals surface area contributed by atoms with Gasteiger partial charge in [0.1, 0.15) is 12.1 Å². The number of carbonyl (C=O) groups excluding carboxylic acids is 4. The monoisotopic (exact) mass is 541 g/mol. The number of aliphatic hydroxyl groups excluding tert-OH is 1. The molecule has 0 saturated carbocycles. The van der Waals surface area contributed by atoms with Crippen LogP contribution in [-0.4, -0.2) is 77.2 Å². The molecule has 10 nitrogen and oxygen atoms in total. The molecule has 0 unspecified atom stereocenters. The Morgan fingerprint density at radius 2 is 1.76 bits per heavy atom. The number of aliphatic hydroxyl groups is 1. The van der Waals surface area contributed by atoms with Gasteiger partial charge in [-0.25, -0.2) is 4.79 Å². The molecule has 6 atom stereocenters. The summed E-state index contributed by atoms with van der Waals surface area (Å²) >= 11 is 0. The van der Waals surface area contributed by atoms with E-state index >= 15 is 0 Å². The Morgan fingerprint density at radius 1 is 1.11 bits per heavy atom. The van der Waals surface area contributed by atoms with Crippen molar-refractivity contribution < 1.29 is 33.8 Å². The van der Waals surface area contributed by atoms with E-state index < -0.39 is 48.2 Å². The van der Waals surface area contributed by atoms with Crippen LogP contribution in [0.1, 0.15) is 93.4 Å². The first-order chi connectivity index (χ1) is 17.8. The molecule has 1 fully saturated rings. The average Bonchev–Trinajstić information content (AvgIpc) is 3.35. The highest BCUT2D eigenvalue weighted by Gasteiger charge is 2.40. The summed E-state index contributed by atoms with van der Waals surface area (Å²) in [6.07, 6.45) is 1.40. The molecule has 1 saturated heterocycles. The number of nitrogens with two attached hydrogens (primary N) is 1. The molecule has 1 aliphatic heterocycles. The van der Waals surface area contributed by atoms with Gasteiger partial charge in [0, 0.05) is 12.6 Å². The maximum atomic E-state index is 13.5. The lowest BCUT2D eigenvalue weighted by atomic mass is 9.93. The van der Waals surface area contributed by atoms with Crippen molar-refractivity contribution in [2.75, 3.05) is 13.2 Å². The number of unbranched alkanes of at least 4 members (excludes halogenated alkanes) is 1. The first kappa shape index (κ1) is 33.8. The minimum absolute atomic E-state index is 0.0168. The standard InChI is InChI=1S/C28H51N3O7/c1-8-10-14-37-28(36)21-12-11-13-31(21)27(35)20(15-17(3)4)30-26(34)25(18(5)6)38-23(33)16-22(32)24(29)19(7)9-2/h17-22,24-25,32H,8-16,29H2,1-7H3,(H,30,34)/t19-,20-,21-,22-,24+,25-/m0/s1. The Hall–Kier alpha value is -2.20. The number of hydrogen-bond donors (Lipinski definition) is 3. The van der Waals surface area contributed by atoms with E-state index in [9.17, 15) is 24.3 Å². The third kappa shape index (κ3) is 10.5. The van der Waals surface area contributed by atoms with E-state index in [1.54, 1.807) is 13.8 Å². The van der Waals surface area contributed by atoms with Crippen molar-refractivity contribution in [1.29, 1.82) is 0 Å². The fourth-order valence-corrected chi connectivity index (χ4v) is 4.48. The summed E-state index contributed by atoms with van der Waals surface area (Å²) in [5.74, 6) is -2.35. The minimum Gasteiger partial charge on any atom is -0.464 e. The number of esters is 2. The maximum absolute atomic E-state index is 13.5. The molecular formula is C28H51N3O7. The Balaban J connectivity index is 2.93. The van der Waals surface area contributed by atoms with Crippen LogP contribution in [0.3, 0.4) is 0 Å². The Kier molecular flexibility index (Phi) is 14.9. The molecule has 10 heteroatoms. The van der Waals surface area contributed by atoms with E-state index in [-0.39, 0.29) is 30.1 Å². The van der Waals surface area contributed by atoms with Crippen molar-refractivity contribution in [3.05, 3.63) is 0 Å². The number of rotatable bonds is 16. The predicted octanol–water partition coefficient (Wildman–Crippen LogP) is 2.54. The van der Waals surface area contributed by atoms with Crippen molar-refractivity contribution in [3.8, 4) is 0 Å². The molecule has 1 rings (SSSR count). The van der Waals surface area contributed by atoms with Gasteiger partial charge in [-0.3, -0.25) is 14.4 Å². The molecule has 220 valence electrons. The molecule has 0 aliphatic carbocycles. The summed E-state index contributed by atoms with van der Waals surface area (Å²) < 4.78 is 10.8. The van der Waals surface area contributed by atoms with Gasteiger partial charge in [0.15, 0.2) is 6.10 Å². The van der Waals surface area contributed by atoms with Gasteiger partial charge in [-0.05, 0) is 43.4 Å². The molecule has 4 N–H and O–H groups in total. The van der Waals surface area contributed by atoms with Crippen LogP contribution < -0.4 is 11.1 Å². The molecule has 38 heavy (non-hydrogen) atoms. The zero-order valence-corrected chi connectivity index (χ0v) is 24.4. The maximum Gasteiger partial charge on any atom is 0.328 e. The fraction of sp³-hybridized carbons (Fsp3) is 0.857. The van der Waals surface area contributed by atoms with Crippen LogP contribution in [0.25, 0.3) is 0 Å². The normalized spacial score (nSPS) is 19.6. The van der Waals surface area contributed by atoms with Crippen LogP contribution in [0.15, 0.2) is 0 Å². The number of amides is 2. The third-order valence-corrected chi connectivity index (χ3v) is 7.12. The first-order valence-corrected chi connectivity index (χ1v) is 14.2. The van der Waals surface area contributed by atoms with Crippen LogP contribution in [0.5, 0.6) is 0 Å². The van der Waals surface area contributed by atoms with Crippen molar-refractivity contribution in [3.63, 3.8) is 0 Å². The van der Waals surface area contributed by atoms with E-state index in [0.29, 0.717) is 32.4 Å². The van der Waals surface area contributed by atoms with Crippen molar-refractivity contribution in [2.45, 2.75) is 124 Å². The predicted molar refractivity (Wildman–Crippen MR) is 145 cm³/mol. The molecule has 1 heterocycles. The van der Waals surface area contributed by atoms with Gasteiger partial charge < -0.3 is 30.5 Å². The van der Waals surface area contributed by atoms with Gasteiger partial charge in [0.05, 0.1) is 19.1 Å². The highest BCUT2D eigenvalue weighted by molar-refractivity contribution is 5.92. The number of likely N-dealkylation sites (tertiary alicyclic amines) is 1. The molecule has 1 aliphatic rings. The largest absolute Gasteiger partial charge is 0.464 e. The van der Waals surface area contributed by atoms with Crippen molar-refractivity contribution in [1.82, 2.24) is 10.2 Å². The SMILES string of the molecule is CCCCOC(=O)[C@@H]1CCCN1C(=O)[C@H](CC(C)C)NC(=O)[C@@H](OC(=O)C[C@H](O)[C@H](N)[C@@H](C)CC)C(C)C. The number of nitrogens with one attached hydrogen (secondary N) is 1. The molecule has 0 spiro atoms. The number of nitrogens with zero attached hydrogens (tertiary/aromatic N) is 1. The van der Waals surface area contributed by atoms with E-state index in [1.165, 1.54) is 4.90 Å². The molecule has 0 aromatic carbocycles. The Bertz CT molecular complexity index is 774. The summed E-state index contributed by atoms with van der Waals surface area (Å²) in [6.45, 7) is 13.9. The van der Waals surface area contributed by atoms with E-state index in [1.807, 2.05) is 34.6 Å². The summed E-state index contributed by atoms with van der Waals surface area (Å²) in [4.78, 5) is 53.5. The number of carbonyl (C=O) groups is 4. The Labute approximate surface area is 228 Å². The summed E-state index contributed by atoms with van der Waals surface area (Å²) in [7, 11) is 0. The second-order valence-corrected chi connectivity index (χ2v) is 11.3. The zero-order valence-electron chi connectivity index (χ0n) is 24.4. The molecule has 0 radical (unpaired) electrons. The van der Waals surface area contributed by atoms with Crippen LogP contribution >= 0.6 is 0 Å². The highest BCUT2D eigenvalue weighted by Crippen LogP contribution is 2.22. The van der Waals surface area contributed by atoms with Gasteiger partial charge in [-0.15, -0.1) is 0 Å². The lowest BCUT2D eigenvalue weighted by Gasteiger charge is -2.30. The second kappa shape index (κ2) is 16.7. The first-order valence-electron chi connectivity index (χ1n) is 14.2. The number of hydrogen-bond acceptors (Lipinski definition) is 8. The van der Waals surface area contributed by atoms with Gasteiger partial charge in [-0.2, -0.15) is 0 Å². The fourth-order valence-electron chi connectivity index (χ4n) is 4.48. The summed E-state index contributed by atoms with van der Waals surface area (Å²) in [5, 5.41) is 13.1. The van der Waals surface area contributed by atoms with Crippen molar-refractivity contribution in [2.24, 2.45) is 23.5 Å². The van der Waals surface area contributed by atoms with Gasteiger partial charge in [-0.1, -0.05) is 61.3 Å². The van der Waals surface area contributed by atoms with Gasteiger partial charge >= 0.3 is 11.9 Å². The lowest BCUT2D eigenvalue weighted by molar-refractivity contribution is -0.162. The second-order valence-electron chi connectivity index (χ2n) is 11.3. The zero-order chi connectivity index (χ0) is 29.0. The quantitative estimate of drug-likeness (QED) is 0.199. The van der Waals surface area contributed by atoms with Crippen LogP contribution in [-0.2, 0) is 28.7 Å². The lowest BCUT2D eigenvalue weighted by Crippen LogP contribution is -2.55. The van der Waals surface area contributed by atoms with Crippen LogP contribution in [0.2, 0.25) is 0 Å². The van der Waals surface area contributed by atoms with Crippen LogP contribution in [0.4, 0.5) is 0 Å². The molecular weight excluding hydrogens is 490 g/mol. The van der Waals surface area contributed by atoms with Gasteiger partial charge in [0.2, 0.25) is 5.91 Å². The van der Waals surface area contributed by atoms with E-state index in [2.05, 4.69) is 5.32 Å². The smallest absolute Gasteiger partial charge is 0.328 e.